The molecule has 0 atom stereocenters. The molecule has 6 nitrogen and oxygen atoms in total. The average molecular weight is 351 g/mol. The number of rotatable bonds is 5. The summed E-state index contributed by atoms with van der Waals surface area (Å²) in [7, 11) is 1.30. The van der Waals surface area contributed by atoms with Crippen LogP contribution in [0.25, 0.3) is 6.08 Å². The highest BCUT2D eigenvalue weighted by Crippen LogP contribution is 2.22. The summed E-state index contributed by atoms with van der Waals surface area (Å²) in [6.45, 7) is 2.47. The number of cyclic esters (lactones) is 1. The van der Waals surface area contributed by atoms with E-state index in [0.717, 1.165) is 5.75 Å². The molecule has 0 bridgehead atoms. The Morgan fingerprint density at radius 1 is 1.15 bits per heavy atom. The molecule has 132 valence electrons. The van der Waals surface area contributed by atoms with Gasteiger partial charge in [-0.3, -0.25) is 0 Å². The minimum absolute atomic E-state index is 0.116. The molecule has 0 spiro atoms. The first-order valence-corrected chi connectivity index (χ1v) is 8.05. The van der Waals surface area contributed by atoms with E-state index in [0.29, 0.717) is 23.3 Å². The van der Waals surface area contributed by atoms with Crippen LogP contribution in [0.5, 0.6) is 5.75 Å². The van der Waals surface area contributed by atoms with Gasteiger partial charge in [0.2, 0.25) is 5.90 Å². The first kappa shape index (κ1) is 17.4. The van der Waals surface area contributed by atoms with Gasteiger partial charge < -0.3 is 14.2 Å². The molecule has 0 unspecified atom stereocenters. The Labute approximate surface area is 150 Å². The molecule has 0 fully saturated rings. The van der Waals surface area contributed by atoms with Crippen molar-refractivity contribution in [3.8, 4) is 5.75 Å². The molecule has 2 aromatic rings. The molecule has 0 saturated carbocycles. The molecule has 0 aliphatic carbocycles. The molecule has 1 aliphatic rings. The molecular weight excluding hydrogens is 334 g/mol. The zero-order valence-electron chi connectivity index (χ0n) is 14.4. The van der Waals surface area contributed by atoms with Crippen molar-refractivity contribution < 1.29 is 23.8 Å². The summed E-state index contributed by atoms with van der Waals surface area (Å²) < 4.78 is 15.4. The number of hydrogen-bond donors (Lipinski definition) is 0. The highest BCUT2D eigenvalue weighted by atomic mass is 16.6. The zero-order chi connectivity index (χ0) is 18.5. The molecule has 0 aromatic heterocycles. The van der Waals surface area contributed by atoms with Crippen LogP contribution < -0.4 is 4.74 Å². The van der Waals surface area contributed by atoms with Crippen molar-refractivity contribution in [2.45, 2.75) is 6.92 Å². The summed E-state index contributed by atoms with van der Waals surface area (Å²) in [6.07, 6.45) is 1.51. The summed E-state index contributed by atoms with van der Waals surface area (Å²) >= 11 is 0. The van der Waals surface area contributed by atoms with Crippen LogP contribution in [0.1, 0.15) is 28.4 Å². The van der Waals surface area contributed by atoms with Gasteiger partial charge in [0.1, 0.15) is 5.75 Å². The fourth-order valence-electron chi connectivity index (χ4n) is 2.46. The topological polar surface area (TPSA) is 74.2 Å². The van der Waals surface area contributed by atoms with Gasteiger partial charge >= 0.3 is 11.9 Å². The number of nitrogens with zero attached hydrogens (tertiary/aromatic N) is 1. The van der Waals surface area contributed by atoms with Gasteiger partial charge in [-0.25, -0.2) is 14.6 Å². The highest BCUT2D eigenvalue weighted by Gasteiger charge is 2.25. The van der Waals surface area contributed by atoms with Crippen LogP contribution in [-0.4, -0.2) is 31.6 Å². The molecule has 0 N–H and O–H groups in total. The average Bonchev–Trinajstić information content (AvgIpc) is 3.03. The van der Waals surface area contributed by atoms with Crippen LogP contribution in [0.15, 0.2) is 59.2 Å². The van der Waals surface area contributed by atoms with E-state index < -0.39 is 11.9 Å². The second kappa shape index (κ2) is 7.65. The summed E-state index contributed by atoms with van der Waals surface area (Å²) in [4.78, 5) is 28.2. The molecule has 2 aromatic carbocycles. The van der Waals surface area contributed by atoms with Crippen LogP contribution in [0, 0.1) is 0 Å². The van der Waals surface area contributed by atoms with Crippen LogP contribution in [0.3, 0.4) is 0 Å². The number of carbonyl (C=O) groups is 2. The summed E-state index contributed by atoms with van der Waals surface area (Å²) in [5, 5.41) is 0. The Hall–Kier alpha value is -3.41. The predicted octanol–water partition coefficient (Wildman–Crippen LogP) is 3.22. The molecule has 0 amide bonds. The fourth-order valence-corrected chi connectivity index (χ4v) is 2.46. The predicted molar refractivity (Wildman–Crippen MR) is 96.0 cm³/mol. The van der Waals surface area contributed by atoms with Gasteiger partial charge in [0.05, 0.1) is 19.3 Å². The van der Waals surface area contributed by atoms with E-state index in [4.69, 9.17) is 14.2 Å². The lowest BCUT2D eigenvalue weighted by atomic mass is 10.1. The molecule has 3 rings (SSSR count). The first-order chi connectivity index (χ1) is 12.6. The van der Waals surface area contributed by atoms with Crippen molar-refractivity contribution in [3.63, 3.8) is 0 Å². The SMILES string of the molecule is CCOc1ccc(C2=N/C(=C\c3ccccc3C(=O)OC)C(=O)O2)cc1. The van der Waals surface area contributed by atoms with Gasteiger partial charge in [0.15, 0.2) is 5.70 Å². The van der Waals surface area contributed by atoms with Crippen molar-refractivity contribution in [1.82, 2.24) is 0 Å². The molecule has 26 heavy (non-hydrogen) atoms. The smallest absolute Gasteiger partial charge is 0.363 e. The van der Waals surface area contributed by atoms with E-state index in [9.17, 15) is 9.59 Å². The van der Waals surface area contributed by atoms with E-state index in [2.05, 4.69) is 4.99 Å². The number of carbonyl (C=O) groups excluding carboxylic acids is 2. The Morgan fingerprint density at radius 2 is 1.88 bits per heavy atom. The normalized spacial score (nSPS) is 14.8. The summed E-state index contributed by atoms with van der Waals surface area (Å²) in [6, 6.07) is 13.9. The van der Waals surface area contributed by atoms with Crippen molar-refractivity contribution >= 4 is 23.9 Å². The Bertz CT molecular complexity index is 897. The third-order valence-electron chi connectivity index (χ3n) is 3.69. The van der Waals surface area contributed by atoms with Gasteiger partial charge in [-0.15, -0.1) is 0 Å². The molecule has 6 heteroatoms. The van der Waals surface area contributed by atoms with Crippen LogP contribution in [0.4, 0.5) is 0 Å². The van der Waals surface area contributed by atoms with E-state index in [1.165, 1.54) is 13.2 Å². The molecular formula is C20H17NO5. The zero-order valence-corrected chi connectivity index (χ0v) is 14.4. The summed E-state index contributed by atoms with van der Waals surface area (Å²) in [5.41, 5.74) is 1.65. The number of esters is 2. The van der Waals surface area contributed by atoms with Gasteiger partial charge in [-0.1, -0.05) is 18.2 Å². The lowest BCUT2D eigenvalue weighted by Crippen LogP contribution is -2.06. The Balaban J connectivity index is 1.91. The molecule has 0 saturated heterocycles. The van der Waals surface area contributed by atoms with Crippen molar-refractivity contribution in [1.29, 1.82) is 0 Å². The maximum Gasteiger partial charge on any atom is 0.363 e. The monoisotopic (exact) mass is 351 g/mol. The Kier molecular flexibility index (Phi) is 5.12. The first-order valence-electron chi connectivity index (χ1n) is 8.05. The van der Waals surface area contributed by atoms with Gasteiger partial charge in [-0.2, -0.15) is 0 Å². The van der Waals surface area contributed by atoms with E-state index >= 15 is 0 Å². The molecule has 0 radical (unpaired) electrons. The standard InChI is InChI=1S/C20H17NO5/c1-3-25-15-10-8-13(9-11-15)18-21-17(20(23)26-18)12-14-6-4-5-7-16(14)19(22)24-2/h4-12H,3H2,1-2H3/b17-12-. The summed E-state index contributed by atoms with van der Waals surface area (Å²) in [5.74, 6) is -0.128. The lowest BCUT2D eigenvalue weighted by molar-refractivity contribution is -0.129. The Morgan fingerprint density at radius 3 is 2.58 bits per heavy atom. The van der Waals surface area contributed by atoms with Gasteiger partial charge in [0.25, 0.3) is 0 Å². The minimum atomic E-state index is -0.575. The highest BCUT2D eigenvalue weighted by molar-refractivity contribution is 6.13. The molecule has 1 aliphatic heterocycles. The van der Waals surface area contributed by atoms with Crippen molar-refractivity contribution in [2.24, 2.45) is 4.99 Å². The van der Waals surface area contributed by atoms with Crippen LogP contribution in [0.2, 0.25) is 0 Å². The number of hydrogen-bond acceptors (Lipinski definition) is 6. The minimum Gasteiger partial charge on any atom is -0.494 e. The largest absolute Gasteiger partial charge is 0.494 e. The maximum absolute atomic E-state index is 12.1. The number of benzene rings is 2. The van der Waals surface area contributed by atoms with Gasteiger partial charge in [0, 0.05) is 5.56 Å². The van der Waals surface area contributed by atoms with Crippen molar-refractivity contribution in [2.75, 3.05) is 13.7 Å². The van der Waals surface area contributed by atoms with E-state index in [-0.39, 0.29) is 11.6 Å². The second-order valence-electron chi connectivity index (χ2n) is 5.37. The number of aliphatic imine (C=N–C) groups is 1. The molecule has 1 heterocycles. The number of ether oxygens (including phenoxy) is 3. The van der Waals surface area contributed by atoms with E-state index in [1.54, 1.807) is 48.5 Å². The van der Waals surface area contributed by atoms with Gasteiger partial charge in [-0.05, 0) is 48.9 Å². The fraction of sp³-hybridized carbons (Fsp3) is 0.150. The van der Waals surface area contributed by atoms with Crippen LogP contribution >= 0.6 is 0 Å². The maximum atomic E-state index is 12.1. The second-order valence-corrected chi connectivity index (χ2v) is 5.37. The third-order valence-corrected chi connectivity index (χ3v) is 3.69. The number of methoxy groups -OCH3 is 1. The van der Waals surface area contributed by atoms with E-state index in [1.807, 2.05) is 6.92 Å². The third kappa shape index (κ3) is 3.64. The quantitative estimate of drug-likeness (QED) is 0.611. The van der Waals surface area contributed by atoms with Crippen LogP contribution in [-0.2, 0) is 14.3 Å². The lowest BCUT2D eigenvalue weighted by Gasteiger charge is -2.03. The van der Waals surface area contributed by atoms with Crippen molar-refractivity contribution in [3.05, 3.63) is 70.9 Å².